The Morgan fingerprint density at radius 3 is 2.50 bits per heavy atom. The summed E-state index contributed by atoms with van der Waals surface area (Å²) in [6.07, 6.45) is 5.00. The summed E-state index contributed by atoms with van der Waals surface area (Å²) in [5, 5.41) is 14.3. The van der Waals surface area contributed by atoms with Crippen LogP contribution in [0.5, 0.6) is 0 Å². The van der Waals surface area contributed by atoms with Crippen molar-refractivity contribution in [3.63, 3.8) is 0 Å². The lowest BCUT2D eigenvalue weighted by molar-refractivity contribution is 0.431. The molecule has 0 aliphatic heterocycles. The third-order valence-electron chi connectivity index (χ3n) is 3.87. The molecule has 11 heteroatoms. The number of thiocarbonyl (C=S) groups is 1. The van der Waals surface area contributed by atoms with Gasteiger partial charge in [0.1, 0.15) is 0 Å². The number of nitrogens with zero attached hydrogens (tertiary/aromatic N) is 4. The normalized spacial score (nSPS) is 10.9. The standard InChI is InChI=1S/C17H16F4N6S/c1-2-26-8-10(7-23-26)6-22-17(28)24-14-3-4-27(25-14)9-11-15(20)12(18)5-13(19)16(11)21/h3-5,7-8H,2,6,9H2,1H3,(H2,22,24,25,28). The summed E-state index contributed by atoms with van der Waals surface area (Å²) in [7, 11) is 0. The molecule has 0 aliphatic rings. The fourth-order valence-corrected chi connectivity index (χ4v) is 2.63. The van der Waals surface area contributed by atoms with Crippen LogP contribution < -0.4 is 10.6 Å². The molecule has 1 aromatic carbocycles. The second-order valence-electron chi connectivity index (χ2n) is 5.86. The molecular formula is C17H16F4N6S. The molecule has 2 aromatic heterocycles. The highest BCUT2D eigenvalue weighted by atomic mass is 32.1. The SMILES string of the molecule is CCn1cc(CNC(=S)Nc2ccn(Cc3c(F)c(F)cc(F)c3F)n2)cn1. The van der Waals surface area contributed by atoms with Gasteiger partial charge in [0.15, 0.2) is 34.2 Å². The van der Waals surface area contributed by atoms with E-state index in [4.69, 9.17) is 12.2 Å². The van der Waals surface area contributed by atoms with Crippen molar-refractivity contribution in [1.82, 2.24) is 24.9 Å². The highest BCUT2D eigenvalue weighted by Gasteiger charge is 2.19. The Kier molecular flexibility index (Phi) is 5.93. The average Bonchev–Trinajstić information content (AvgIpc) is 3.31. The first kappa shape index (κ1) is 19.8. The topological polar surface area (TPSA) is 59.7 Å². The lowest BCUT2D eigenvalue weighted by atomic mass is 10.2. The number of rotatable bonds is 6. The molecule has 0 radical (unpaired) electrons. The van der Waals surface area contributed by atoms with Crippen LogP contribution in [0, 0.1) is 23.3 Å². The van der Waals surface area contributed by atoms with Crippen LogP contribution in [0.2, 0.25) is 0 Å². The molecule has 3 rings (SSSR count). The van der Waals surface area contributed by atoms with Gasteiger partial charge in [-0.2, -0.15) is 10.2 Å². The van der Waals surface area contributed by atoms with E-state index in [2.05, 4.69) is 20.8 Å². The molecule has 0 aliphatic carbocycles. The zero-order chi connectivity index (χ0) is 20.3. The molecule has 2 N–H and O–H groups in total. The predicted octanol–water partition coefficient (Wildman–Crippen LogP) is 3.19. The van der Waals surface area contributed by atoms with Crippen molar-refractivity contribution >= 4 is 23.1 Å². The van der Waals surface area contributed by atoms with Crippen LogP contribution in [-0.2, 0) is 19.6 Å². The third kappa shape index (κ3) is 4.47. The molecule has 6 nitrogen and oxygen atoms in total. The Labute approximate surface area is 163 Å². The van der Waals surface area contributed by atoms with Crippen LogP contribution in [0.15, 0.2) is 30.7 Å². The van der Waals surface area contributed by atoms with E-state index >= 15 is 0 Å². The van der Waals surface area contributed by atoms with Gasteiger partial charge < -0.3 is 10.6 Å². The molecule has 28 heavy (non-hydrogen) atoms. The number of anilines is 1. The maximum Gasteiger partial charge on any atom is 0.172 e. The number of hydrogen-bond acceptors (Lipinski definition) is 3. The van der Waals surface area contributed by atoms with E-state index in [0.717, 1.165) is 16.8 Å². The summed E-state index contributed by atoms with van der Waals surface area (Å²) in [5.74, 6) is -5.52. The summed E-state index contributed by atoms with van der Waals surface area (Å²) in [6, 6.07) is 1.67. The predicted molar refractivity (Wildman–Crippen MR) is 98.6 cm³/mol. The molecule has 0 saturated carbocycles. The largest absolute Gasteiger partial charge is 0.358 e. The molecular weight excluding hydrogens is 396 g/mol. The van der Waals surface area contributed by atoms with Gasteiger partial charge in [0.25, 0.3) is 0 Å². The minimum absolute atomic E-state index is 0.165. The van der Waals surface area contributed by atoms with Gasteiger partial charge in [0, 0.05) is 43.2 Å². The van der Waals surface area contributed by atoms with Gasteiger partial charge in [-0.05, 0) is 19.1 Å². The Hall–Kier alpha value is -2.95. The van der Waals surface area contributed by atoms with Crippen molar-refractivity contribution < 1.29 is 17.6 Å². The van der Waals surface area contributed by atoms with Crippen LogP contribution in [0.3, 0.4) is 0 Å². The van der Waals surface area contributed by atoms with E-state index in [1.807, 2.05) is 13.1 Å². The highest BCUT2D eigenvalue weighted by Crippen LogP contribution is 2.20. The Balaban J connectivity index is 1.60. The van der Waals surface area contributed by atoms with Crippen molar-refractivity contribution in [2.75, 3.05) is 5.32 Å². The Bertz CT molecular complexity index is 973. The van der Waals surface area contributed by atoms with Gasteiger partial charge >= 0.3 is 0 Å². The lowest BCUT2D eigenvalue weighted by Crippen LogP contribution is -2.28. The van der Waals surface area contributed by atoms with Crippen LogP contribution in [0.1, 0.15) is 18.1 Å². The molecule has 0 bridgehead atoms. The lowest BCUT2D eigenvalue weighted by Gasteiger charge is -2.08. The Morgan fingerprint density at radius 1 is 1.14 bits per heavy atom. The highest BCUT2D eigenvalue weighted by molar-refractivity contribution is 7.80. The number of aryl methyl sites for hydroxylation is 1. The summed E-state index contributed by atoms with van der Waals surface area (Å²) >= 11 is 5.17. The van der Waals surface area contributed by atoms with Crippen LogP contribution >= 0.6 is 12.2 Å². The third-order valence-corrected chi connectivity index (χ3v) is 4.12. The number of hydrogen-bond donors (Lipinski definition) is 2. The van der Waals surface area contributed by atoms with Crippen LogP contribution in [0.25, 0.3) is 0 Å². The Morgan fingerprint density at radius 2 is 1.86 bits per heavy atom. The zero-order valence-electron chi connectivity index (χ0n) is 14.7. The van der Waals surface area contributed by atoms with Gasteiger partial charge in [0.2, 0.25) is 0 Å². The number of halogens is 4. The van der Waals surface area contributed by atoms with E-state index in [0.29, 0.717) is 12.4 Å². The molecule has 0 fully saturated rings. The fourth-order valence-electron chi connectivity index (χ4n) is 2.45. The van der Waals surface area contributed by atoms with Crippen LogP contribution in [-0.4, -0.2) is 24.7 Å². The van der Waals surface area contributed by atoms with Gasteiger partial charge in [-0.25, -0.2) is 17.6 Å². The van der Waals surface area contributed by atoms with Gasteiger partial charge in [-0.15, -0.1) is 0 Å². The van der Waals surface area contributed by atoms with Crippen molar-refractivity contribution in [3.05, 3.63) is 65.1 Å². The zero-order valence-corrected chi connectivity index (χ0v) is 15.5. The van der Waals surface area contributed by atoms with E-state index in [1.54, 1.807) is 10.9 Å². The molecule has 0 saturated heterocycles. The van der Waals surface area contributed by atoms with Crippen molar-refractivity contribution in [2.24, 2.45) is 0 Å². The van der Waals surface area contributed by atoms with Crippen molar-refractivity contribution in [1.29, 1.82) is 0 Å². The molecule has 148 valence electrons. The number of benzene rings is 1. The summed E-state index contributed by atoms with van der Waals surface area (Å²) in [6.45, 7) is 2.70. The molecule has 0 unspecified atom stereocenters. The first-order valence-electron chi connectivity index (χ1n) is 8.29. The molecule has 0 amide bonds. The minimum atomic E-state index is -1.46. The maximum atomic E-state index is 13.8. The quantitative estimate of drug-likeness (QED) is 0.370. The van der Waals surface area contributed by atoms with E-state index in [9.17, 15) is 17.6 Å². The first-order valence-corrected chi connectivity index (χ1v) is 8.69. The van der Waals surface area contributed by atoms with Gasteiger partial charge in [-0.3, -0.25) is 9.36 Å². The first-order chi connectivity index (χ1) is 13.4. The van der Waals surface area contributed by atoms with E-state index in [1.165, 1.54) is 12.3 Å². The minimum Gasteiger partial charge on any atom is -0.358 e. The maximum absolute atomic E-state index is 13.8. The second kappa shape index (κ2) is 8.38. The number of aromatic nitrogens is 4. The fraction of sp³-hybridized carbons (Fsp3) is 0.235. The summed E-state index contributed by atoms with van der Waals surface area (Å²) < 4.78 is 57.0. The molecule has 3 aromatic rings. The molecule has 0 spiro atoms. The van der Waals surface area contributed by atoms with Crippen molar-refractivity contribution in [2.45, 2.75) is 26.6 Å². The van der Waals surface area contributed by atoms with Crippen LogP contribution in [0.4, 0.5) is 23.4 Å². The monoisotopic (exact) mass is 412 g/mol. The van der Waals surface area contributed by atoms with E-state index in [-0.39, 0.29) is 11.2 Å². The smallest absolute Gasteiger partial charge is 0.172 e. The summed E-state index contributed by atoms with van der Waals surface area (Å²) in [4.78, 5) is 0. The van der Waals surface area contributed by atoms with Crippen molar-refractivity contribution in [3.8, 4) is 0 Å². The second-order valence-corrected chi connectivity index (χ2v) is 6.27. The number of nitrogens with one attached hydrogen (secondary N) is 2. The van der Waals surface area contributed by atoms with Gasteiger partial charge in [0.05, 0.1) is 18.3 Å². The molecule has 0 atom stereocenters. The molecule has 2 heterocycles. The summed E-state index contributed by atoms with van der Waals surface area (Å²) in [5.41, 5.74) is 0.191. The van der Waals surface area contributed by atoms with E-state index < -0.39 is 35.4 Å². The average molecular weight is 412 g/mol. The van der Waals surface area contributed by atoms with Gasteiger partial charge in [-0.1, -0.05) is 0 Å².